The highest BCUT2D eigenvalue weighted by atomic mass is 32.2. The summed E-state index contributed by atoms with van der Waals surface area (Å²) in [5.74, 6) is 0.683. The van der Waals surface area contributed by atoms with Gasteiger partial charge in [-0.3, -0.25) is 0 Å². The molecule has 0 unspecified atom stereocenters. The van der Waals surface area contributed by atoms with Gasteiger partial charge in [0.05, 0.1) is 11.5 Å². The average Bonchev–Trinajstić information content (AvgIpc) is 2.15. The number of nitrogens with one attached hydrogen (secondary N) is 1. The highest BCUT2D eigenvalue weighted by Crippen LogP contribution is 2.03. The van der Waals surface area contributed by atoms with Gasteiger partial charge in [0.15, 0.2) is 9.84 Å². The molecule has 1 rings (SSSR count). The van der Waals surface area contributed by atoms with Gasteiger partial charge >= 0.3 is 0 Å². The van der Waals surface area contributed by atoms with Crippen LogP contribution in [0.4, 0.5) is 0 Å². The lowest BCUT2D eigenvalue weighted by Crippen LogP contribution is -2.41. The van der Waals surface area contributed by atoms with E-state index < -0.39 is 9.84 Å². The molecule has 0 aromatic carbocycles. The van der Waals surface area contributed by atoms with Crippen LogP contribution in [0, 0.1) is 0 Å². The lowest BCUT2D eigenvalue weighted by atomic mass is 10.3. The molecule has 0 aromatic rings. The molecule has 0 bridgehead atoms. The Hall–Kier alpha value is -0.130. The molecule has 5 heteroatoms. The minimum atomic E-state index is -2.71. The van der Waals surface area contributed by atoms with Crippen LogP contribution in [0.2, 0.25) is 0 Å². The summed E-state index contributed by atoms with van der Waals surface area (Å²) in [6.45, 7) is 6.58. The number of sulfone groups is 1. The monoisotopic (exact) mass is 220 g/mol. The van der Waals surface area contributed by atoms with E-state index in [4.69, 9.17) is 0 Å². The zero-order valence-corrected chi connectivity index (χ0v) is 9.65. The molecule has 1 saturated heterocycles. The molecule has 4 nitrogen and oxygen atoms in total. The molecule has 1 fully saturated rings. The van der Waals surface area contributed by atoms with Gasteiger partial charge in [0, 0.05) is 13.1 Å². The Balaban J connectivity index is 2.10. The fourth-order valence-corrected chi connectivity index (χ4v) is 2.86. The molecule has 1 heterocycles. The number of hydrogen-bond donors (Lipinski definition) is 1. The minimum Gasteiger partial charge on any atom is -0.317 e. The van der Waals surface area contributed by atoms with Crippen molar-refractivity contribution in [2.45, 2.75) is 13.3 Å². The topological polar surface area (TPSA) is 49.4 Å². The van der Waals surface area contributed by atoms with Crippen molar-refractivity contribution in [1.82, 2.24) is 10.2 Å². The highest BCUT2D eigenvalue weighted by Gasteiger charge is 2.20. The second kappa shape index (κ2) is 5.68. The first-order valence-electron chi connectivity index (χ1n) is 5.27. The van der Waals surface area contributed by atoms with Gasteiger partial charge in [0.1, 0.15) is 0 Å². The molecule has 1 N–H and O–H groups in total. The molecule has 84 valence electrons. The molecule has 1 aliphatic heterocycles. The van der Waals surface area contributed by atoms with Gasteiger partial charge in [-0.15, -0.1) is 0 Å². The third kappa shape index (κ3) is 4.39. The second-order valence-electron chi connectivity index (χ2n) is 3.70. The van der Waals surface area contributed by atoms with Crippen molar-refractivity contribution in [3.63, 3.8) is 0 Å². The Kier molecular flexibility index (Phi) is 4.84. The maximum atomic E-state index is 11.1. The Bertz CT molecular complexity index is 238. The van der Waals surface area contributed by atoms with E-state index >= 15 is 0 Å². The minimum absolute atomic E-state index is 0.341. The van der Waals surface area contributed by atoms with E-state index in [-0.39, 0.29) is 0 Å². The summed E-state index contributed by atoms with van der Waals surface area (Å²) in [6.07, 6.45) is 1.11. The first-order valence-corrected chi connectivity index (χ1v) is 7.09. The largest absolute Gasteiger partial charge is 0.317 e. The van der Waals surface area contributed by atoms with Gasteiger partial charge in [0.2, 0.25) is 0 Å². The second-order valence-corrected chi connectivity index (χ2v) is 6.00. The fourth-order valence-electron chi connectivity index (χ4n) is 1.58. The van der Waals surface area contributed by atoms with Crippen LogP contribution in [-0.4, -0.2) is 57.5 Å². The lowest BCUT2D eigenvalue weighted by molar-refractivity contribution is 0.290. The van der Waals surface area contributed by atoms with E-state index in [1.165, 1.54) is 0 Å². The summed E-state index contributed by atoms with van der Waals surface area (Å²) in [5.41, 5.74) is 0. The molecule has 14 heavy (non-hydrogen) atoms. The average molecular weight is 220 g/mol. The molecule has 0 spiro atoms. The summed E-state index contributed by atoms with van der Waals surface area (Å²) < 4.78 is 22.3. The van der Waals surface area contributed by atoms with E-state index in [1.807, 2.05) is 0 Å². The molecule has 0 saturated carbocycles. The van der Waals surface area contributed by atoms with Crippen LogP contribution in [0.5, 0.6) is 0 Å². The molecule has 0 radical (unpaired) electrons. The molecule has 0 amide bonds. The SMILES string of the molecule is CCNCCCN1CCS(=O)(=O)CC1. The van der Waals surface area contributed by atoms with Crippen LogP contribution in [0.15, 0.2) is 0 Å². The van der Waals surface area contributed by atoms with Crippen molar-refractivity contribution in [2.24, 2.45) is 0 Å². The van der Waals surface area contributed by atoms with Crippen molar-refractivity contribution < 1.29 is 8.42 Å². The quantitative estimate of drug-likeness (QED) is 0.647. The van der Waals surface area contributed by atoms with Crippen LogP contribution in [0.25, 0.3) is 0 Å². The van der Waals surface area contributed by atoms with Crippen LogP contribution in [0.3, 0.4) is 0 Å². The van der Waals surface area contributed by atoms with E-state index in [0.29, 0.717) is 24.6 Å². The predicted molar refractivity (Wildman–Crippen MR) is 58.3 cm³/mol. The smallest absolute Gasteiger partial charge is 0.152 e. The maximum absolute atomic E-state index is 11.1. The lowest BCUT2D eigenvalue weighted by Gasteiger charge is -2.26. The first kappa shape index (κ1) is 11.9. The zero-order chi connectivity index (χ0) is 10.4. The Morgan fingerprint density at radius 2 is 1.93 bits per heavy atom. The van der Waals surface area contributed by atoms with Crippen molar-refractivity contribution >= 4 is 9.84 Å². The number of nitrogens with zero attached hydrogens (tertiary/aromatic N) is 1. The summed E-state index contributed by atoms with van der Waals surface area (Å²) in [7, 11) is -2.71. The van der Waals surface area contributed by atoms with Gasteiger partial charge in [-0.2, -0.15) is 0 Å². The van der Waals surface area contributed by atoms with Gasteiger partial charge in [-0.25, -0.2) is 8.42 Å². The molecule has 1 aliphatic rings. The van der Waals surface area contributed by atoms with Crippen LogP contribution >= 0.6 is 0 Å². The van der Waals surface area contributed by atoms with E-state index in [9.17, 15) is 8.42 Å². The third-order valence-corrected chi connectivity index (χ3v) is 4.12. The van der Waals surface area contributed by atoms with Crippen molar-refractivity contribution in [3.8, 4) is 0 Å². The van der Waals surface area contributed by atoms with Crippen molar-refractivity contribution in [2.75, 3.05) is 44.2 Å². The predicted octanol–water partition coefficient (Wildman–Crippen LogP) is -0.284. The number of hydrogen-bond acceptors (Lipinski definition) is 4. The van der Waals surface area contributed by atoms with E-state index in [0.717, 1.165) is 26.1 Å². The Morgan fingerprint density at radius 1 is 1.29 bits per heavy atom. The summed E-state index contributed by atoms with van der Waals surface area (Å²) in [6, 6.07) is 0. The molecule has 0 atom stereocenters. The summed E-state index contributed by atoms with van der Waals surface area (Å²) in [4.78, 5) is 2.23. The standard InChI is InChI=1S/C9H20N2O2S/c1-2-10-4-3-5-11-6-8-14(12,13)9-7-11/h10H,2-9H2,1H3. The summed E-state index contributed by atoms with van der Waals surface area (Å²) in [5, 5.41) is 3.26. The van der Waals surface area contributed by atoms with Crippen LogP contribution in [-0.2, 0) is 9.84 Å². The fraction of sp³-hybridized carbons (Fsp3) is 1.00. The number of rotatable bonds is 5. The molecule has 0 aliphatic carbocycles. The maximum Gasteiger partial charge on any atom is 0.152 e. The van der Waals surface area contributed by atoms with Gasteiger partial charge in [-0.1, -0.05) is 6.92 Å². The third-order valence-electron chi connectivity index (χ3n) is 2.51. The zero-order valence-electron chi connectivity index (χ0n) is 8.83. The van der Waals surface area contributed by atoms with Crippen molar-refractivity contribution in [3.05, 3.63) is 0 Å². The highest BCUT2D eigenvalue weighted by molar-refractivity contribution is 7.91. The van der Waals surface area contributed by atoms with Crippen LogP contribution < -0.4 is 5.32 Å². The Labute approximate surface area is 86.6 Å². The Morgan fingerprint density at radius 3 is 2.50 bits per heavy atom. The molecular weight excluding hydrogens is 200 g/mol. The normalized spacial score (nSPS) is 22.4. The first-order chi connectivity index (χ1) is 6.64. The van der Waals surface area contributed by atoms with Gasteiger partial charge < -0.3 is 10.2 Å². The summed E-state index contributed by atoms with van der Waals surface area (Å²) >= 11 is 0. The van der Waals surface area contributed by atoms with Crippen LogP contribution in [0.1, 0.15) is 13.3 Å². The van der Waals surface area contributed by atoms with Crippen molar-refractivity contribution in [1.29, 1.82) is 0 Å². The molecular formula is C9H20N2O2S. The van der Waals surface area contributed by atoms with E-state index in [1.54, 1.807) is 0 Å². The molecule has 0 aromatic heterocycles. The van der Waals surface area contributed by atoms with Gasteiger partial charge in [-0.05, 0) is 26.1 Å². The van der Waals surface area contributed by atoms with Gasteiger partial charge in [0.25, 0.3) is 0 Å². The van der Waals surface area contributed by atoms with E-state index in [2.05, 4.69) is 17.1 Å².